The molecule has 0 aromatic rings. The van der Waals surface area contributed by atoms with Crippen LogP contribution in [0.15, 0.2) is 0 Å². The van der Waals surface area contributed by atoms with Crippen LogP contribution in [0.2, 0.25) is 0 Å². The Morgan fingerprint density at radius 2 is 1.08 bits per heavy atom. The van der Waals surface area contributed by atoms with Crippen molar-refractivity contribution in [1.29, 1.82) is 0 Å². The minimum Gasteiger partial charge on any atom is -0.0622 e. The van der Waals surface area contributed by atoms with Gasteiger partial charge in [0.2, 0.25) is 0 Å². The summed E-state index contributed by atoms with van der Waals surface area (Å²) < 4.78 is 0. The largest absolute Gasteiger partial charge is 0.0622 e. The van der Waals surface area contributed by atoms with Crippen LogP contribution >= 0.6 is 0 Å². The van der Waals surface area contributed by atoms with Crippen molar-refractivity contribution in [1.82, 2.24) is 0 Å². The Kier molecular flexibility index (Phi) is 2.43. The van der Waals surface area contributed by atoms with Crippen molar-refractivity contribution >= 4 is 0 Å². The summed E-state index contributed by atoms with van der Waals surface area (Å²) in [6.07, 6.45) is 9.10. The van der Waals surface area contributed by atoms with Crippen LogP contribution in [0, 0.1) is 23.7 Å². The summed E-state index contributed by atoms with van der Waals surface area (Å²) in [5, 5.41) is 0. The third-order valence-electron chi connectivity index (χ3n) is 4.41. The standard InChI is InChI=1S/C12H22/c1-9-7-8-10(2)12-6-4-3-5-11(9)12/h9-12H,3-8H2,1-2H3/t9-,10-,11-,12+/m1/s1. The lowest BCUT2D eigenvalue weighted by molar-refractivity contribution is 0.0672. The maximum Gasteiger partial charge on any atom is -0.0358 e. The van der Waals surface area contributed by atoms with Crippen molar-refractivity contribution in [3.63, 3.8) is 0 Å². The molecule has 0 aliphatic heterocycles. The summed E-state index contributed by atoms with van der Waals surface area (Å²) in [6.45, 7) is 4.96. The highest BCUT2D eigenvalue weighted by atomic mass is 14.4. The highest BCUT2D eigenvalue weighted by molar-refractivity contribution is 4.86. The minimum absolute atomic E-state index is 1.03. The van der Waals surface area contributed by atoms with E-state index in [-0.39, 0.29) is 0 Å². The van der Waals surface area contributed by atoms with Gasteiger partial charge >= 0.3 is 0 Å². The summed E-state index contributed by atoms with van der Waals surface area (Å²) in [6, 6.07) is 0. The second kappa shape index (κ2) is 3.40. The molecule has 2 aliphatic rings. The van der Waals surface area contributed by atoms with Gasteiger partial charge in [-0.15, -0.1) is 0 Å². The quantitative estimate of drug-likeness (QED) is 0.512. The summed E-state index contributed by atoms with van der Waals surface area (Å²) in [5.41, 5.74) is 0. The molecule has 0 aromatic carbocycles. The van der Waals surface area contributed by atoms with E-state index in [1.54, 1.807) is 0 Å². The zero-order chi connectivity index (χ0) is 8.55. The highest BCUT2D eigenvalue weighted by Gasteiger charge is 2.36. The van der Waals surface area contributed by atoms with Crippen LogP contribution in [0.25, 0.3) is 0 Å². The topological polar surface area (TPSA) is 0 Å². The smallest absolute Gasteiger partial charge is 0.0358 e. The van der Waals surface area contributed by atoms with E-state index < -0.39 is 0 Å². The fourth-order valence-electron chi connectivity index (χ4n) is 3.56. The van der Waals surface area contributed by atoms with Crippen LogP contribution in [0.5, 0.6) is 0 Å². The molecule has 2 fully saturated rings. The van der Waals surface area contributed by atoms with Gasteiger partial charge in [-0.25, -0.2) is 0 Å². The molecule has 0 aromatic heterocycles. The molecule has 0 radical (unpaired) electrons. The predicted molar refractivity (Wildman–Crippen MR) is 53.0 cm³/mol. The third kappa shape index (κ3) is 1.41. The molecule has 70 valence electrons. The lowest BCUT2D eigenvalue weighted by atomic mass is 9.62. The van der Waals surface area contributed by atoms with Gasteiger partial charge in [-0.05, 0) is 36.5 Å². The first-order valence-electron chi connectivity index (χ1n) is 5.79. The van der Waals surface area contributed by atoms with Crippen LogP contribution in [-0.2, 0) is 0 Å². The van der Waals surface area contributed by atoms with Gasteiger partial charge in [0, 0.05) is 0 Å². The average molecular weight is 166 g/mol. The van der Waals surface area contributed by atoms with Crippen molar-refractivity contribution in [2.45, 2.75) is 52.4 Å². The maximum absolute atomic E-state index is 2.48. The van der Waals surface area contributed by atoms with Gasteiger partial charge in [0.05, 0.1) is 0 Å². The molecule has 12 heavy (non-hydrogen) atoms. The molecule has 0 amide bonds. The van der Waals surface area contributed by atoms with Gasteiger partial charge in [0.15, 0.2) is 0 Å². The van der Waals surface area contributed by atoms with Crippen LogP contribution in [0.1, 0.15) is 52.4 Å². The van der Waals surface area contributed by atoms with Crippen molar-refractivity contribution in [2.24, 2.45) is 23.7 Å². The van der Waals surface area contributed by atoms with Crippen molar-refractivity contribution < 1.29 is 0 Å². The van der Waals surface area contributed by atoms with E-state index in [1.807, 2.05) is 0 Å². The number of hydrogen-bond donors (Lipinski definition) is 0. The summed E-state index contributed by atoms with van der Waals surface area (Å²) in [7, 11) is 0. The van der Waals surface area contributed by atoms with E-state index in [9.17, 15) is 0 Å². The molecule has 0 bridgehead atoms. The molecule has 0 spiro atoms. The van der Waals surface area contributed by atoms with E-state index in [0.29, 0.717) is 0 Å². The maximum atomic E-state index is 2.48. The lowest BCUT2D eigenvalue weighted by Gasteiger charge is -2.43. The molecular weight excluding hydrogens is 144 g/mol. The monoisotopic (exact) mass is 166 g/mol. The first kappa shape index (κ1) is 8.59. The molecule has 0 nitrogen and oxygen atoms in total. The van der Waals surface area contributed by atoms with E-state index in [1.165, 1.54) is 38.5 Å². The van der Waals surface area contributed by atoms with Gasteiger partial charge in [0.1, 0.15) is 0 Å². The molecule has 0 heteroatoms. The molecule has 2 saturated carbocycles. The Morgan fingerprint density at radius 1 is 0.667 bits per heavy atom. The van der Waals surface area contributed by atoms with Crippen LogP contribution in [-0.4, -0.2) is 0 Å². The first-order chi connectivity index (χ1) is 5.79. The number of hydrogen-bond acceptors (Lipinski definition) is 0. The average Bonchev–Trinajstić information content (AvgIpc) is 2.12. The molecule has 0 heterocycles. The normalized spacial score (nSPS) is 48.5. The number of rotatable bonds is 0. The predicted octanol–water partition coefficient (Wildman–Crippen LogP) is 3.86. The Morgan fingerprint density at radius 3 is 1.50 bits per heavy atom. The molecule has 2 aliphatic carbocycles. The molecular formula is C12H22. The second-order valence-corrected chi connectivity index (χ2v) is 5.14. The molecule has 0 saturated heterocycles. The number of fused-ring (bicyclic) bond motifs is 1. The van der Waals surface area contributed by atoms with Crippen LogP contribution in [0.4, 0.5) is 0 Å². The van der Waals surface area contributed by atoms with Gasteiger partial charge < -0.3 is 0 Å². The Labute approximate surface area is 76.7 Å². The highest BCUT2D eigenvalue weighted by Crippen LogP contribution is 2.46. The minimum atomic E-state index is 1.03. The lowest BCUT2D eigenvalue weighted by Crippen LogP contribution is -2.34. The second-order valence-electron chi connectivity index (χ2n) is 5.14. The molecule has 0 unspecified atom stereocenters. The Hall–Kier alpha value is 0. The fraction of sp³-hybridized carbons (Fsp3) is 1.00. The van der Waals surface area contributed by atoms with E-state index in [0.717, 1.165) is 23.7 Å². The zero-order valence-electron chi connectivity index (χ0n) is 8.55. The van der Waals surface area contributed by atoms with Gasteiger partial charge in [0.25, 0.3) is 0 Å². The molecule has 4 atom stereocenters. The van der Waals surface area contributed by atoms with Crippen LogP contribution < -0.4 is 0 Å². The van der Waals surface area contributed by atoms with Crippen molar-refractivity contribution in [3.05, 3.63) is 0 Å². The fourth-order valence-corrected chi connectivity index (χ4v) is 3.56. The Bertz CT molecular complexity index is 132. The van der Waals surface area contributed by atoms with E-state index in [4.69, 9.17) is 0 Å². The summed E-state index contributed by atoms with van der Waals surface area (Å²) in [4.78, 5) is 0. The van der Waals surface area contributed by atoms with E-state index in [2.05, 4.69) is 13.8 Å². The van der Waals surface area contributed by atoms with Gasteiger partial charge in [-0.1, -0.05) is 39.5 Å². The molecule has 2 rings (SSSR count). The third-order valence-corrected chi connectivity index (χ3v) is 4.41. The SMILES string of the molecule is C[C@@H]1CC[C@@H](C)[C@H]2CCCC[C@H]21. The van der Waals surface area contributed by atoms with Crippen molar-refractivity contribution in [3.8, 4) is 0 Å². The van der Waals surface area contributed by atoms with Crippen molar-refractivity contribution in [2.75, 3.05) is 0 Å². The van der Waals surface area contributed by atoms with Gasteiger partial charge in [-0.2, -0.15) is 0 Å². The summed E-state index contributed by atoms with van der Waals surface area (Å²) in [5.74, 6) is 4.27. The van der Waals surface area contributed by atoms with Gasteiger partial charge in [-0.3, -0.25) is 0 Å². The molecule has 0 N–H and O–H groups in total. The van der Waals surface area contributed by atoms with E-state index >= 15 is 0 Å². The van der Waals surface area contributed by atoms with Crippen LogP contribution in [0.3, 0.4) is 0 Å². The first-order valence-corrected chi connectivity index (χ1v) is 5.79. The zero-order valence-corrected chi connectivity index (χ0v) is 8.55. The summed E-state index contributed by atoms with van der Waals surface area (Å²) >= 11 is 0. The Balaban J connectivity index is 2.05.